The number of nitrogens with two attached hydrogens (primary N) is 1. The monoisotopic (exact) mass is 405 g/mol. The van der Waals surface area contributed by atoms with Crippen molar-refractivity contribution in [2.45, 2.75) is 43.9 Å². The van der Waals surface area contributed by atoms with Crippen molar-refractivity contribution in [2.24, 2.45) is 5.73 Å². The van der Waals surface area contributed by atoms with E-state index in [1.807, 2.05) is 29.2 Å². The highest BCUT2D eigenvalue weighted by atomic mass is 35.5. The highest BCUT2D eigenvalue weighted by Crippen LogP contribution is 2.24. The summed E-state index contributed by atoms with van der Waals surface area (Å²) >= 11 is 0. The van der Waals surface area contributed by atoms with Gasteiger partial charge in [0.05, 0.1) is 13.2 Å². The maximum absolute atomic E-state index is 12.5. The molecule has 148 valence electrons. The van der Waals surface area contributed by atoms with Gasteiger partial charge in [-0.2, -0.15) is 0 Å². The van der Waals surface area contributed by atoms with Gasteiger partial charge in [-0.25, -0.2) is 0 Å². The minimum Gasteiger partial charge on any atom is -0.497 e. The van der Waals surface area contributed by atoms with Crippen molar-refractivity contribution in [2.75, 3.05) is 32.1 Å². The summed E-state index contributed by atoms with van der Waals surface area (Å²) in [6.45, 7) is 2.04. The van der Waals surface area contributed by atoms with Gasteiger partial charge in [0.1, 0.15) is 11.9 Å². The maximum Gasteiger partial charge on any atom is 0.251 e. The number of nitrogens with zero attached hydrogens (tertiary/aromatic N) is 1. The van der Waals surface area contributed by atoms with Crippen LogP contribution < -0.4 is 15.8 Å². The minimum absolute atomic E-state index is 0. The van der Waals surface area contributed by atoms with Gasteiger partial charge in [-0.3, -0.25) is 4.79 Å². The van der Waals surface area contributed by atoms with E-state index in [1.54, 1.807) is 7.11 Å². The fourth-order valence-electron chi connectivity index (χ4n) is 3.46. The lowest BCUT2D eigenvalue weighted by Gasteiger charge is -2.34. The number of anilines is 1. The molecule has 2 aliphatic heterocycles. The van der Waals surface area contributed by atoms with E-state index in [2.05, 4.69) is 5.32 Å². The Bertz CT molecular complexity index is 568. The van der Waals surface area contributed by atoms with E-state index in [4.69, 9.17) is 15.2 Å². The van der Waals surface area contributed by atoms with Crippen LogP contribution in [0.1, 0.15) is 25.7 Å². The van der Waals surface area contributed by atoms with E-state index in [0.717, 1.165) is 50.2 Å². The number of benzene rings is 1. The first-order valence-electron chi connectivity index (χ1n) is 8.74. The van der Waals surface area contributed by atoms with Crippen LogP contribution in [-0.4, -0.2) is 55.8 Å². The van der Waals surface area contributed by atoms with Gasteiger partial charge in [0.25, 0.3) is 5.91 Å². The van der Waals surface area contributed by atoms with Crippen LogP contribution in [-0.2, 0) is 9.53 Å². The van der Waals surface area contributed by atoms with Gasteiger partial charge < -0.3 is 25.4 Å². The van der Waals surface area contributed by atoms with Crippen molar-refractivity contribution in [1.82, 2.24) is 4.90 Å². The smallest absolute Gasteiger partial charge is 0.251 e. The lowest BCUT2D eigenvalue weighted by molar-refractivity contribution is -0.143. The first-order valence-corrected chi connectivity index (χ1v) is 8.74. The zero-order valence-electron chi connectivity index (χ0n) is 15.1. The molecular formula is C18H29Cl2N3O3. The topological polar surface area (TPSA) is 76.8 Å². The molecule has 2 aliphatic rings. The molecule has 26 heavy (non-hydrogen) atoms. The van der Waals surface area contributed by atoms with Crippen LogP contribution in [0.25, 0.3) is 0 Å². The molecular weight excluding hydrogens is 377 g/mol. The largest absolute Gasteiger partial charge is 0.497 e. The Hall–Kier alpha value is -1.21. The molecule has 0 spiro atoms. The van der Waals surface area contributed by atoms with Gasteiger partial charge in [0.15, 0.2) is 0 Å². The van der Waals surface area contributed by atoms with Gasteiger partial charge >= 0.3 is 0 Å². The number of ether oxygens (including phenoxy) is 2. The number of rotatable bonds is 5. The number of amides is 1. The Balaban J connectivity index is 0.00000169. The molecule has 3 N–H and O–H groups in total. The lowest BCUT2D eigenvalue weighted by Crippen LogP contribution is -2.46. The Morgan fingerprint density at radius 3 is 2.62 bits per heavy atom. The molecule has 2 atom stereocenters. The van der Waals surface area contributed by atoms with Crippen LogP contribution in [0.3, 0.4) is 0 Å². The first-order chi connectivity index (χ1) is 11.7. The summed E-state index contributed by atoms with van der Waals surface area (Å²) in [5.41, 5.74) is 6.68. The molecule has 2 fully saturated rings. The third kappa shape index (κ3) is 5.64. The van der Waals surface area contributed by atoms with Crippen molar-refractivity contribution in [3.05, 3.63) is 24.3 Å². The molecule has 0 unspecified atom stereocenters. The number of methoxy groups -OCH3 is 1. The molecule has 0 saturated carbocycles. The number of carbonyl (C=O) groups excluding carboxylic acids is 1. The normalized spacial score (nSPS) is 22.9. The third-order valence-electron chi connectivity index (χ3n) is 4.89. The summed E-state index contributed by atoms with van der Waals surface area (Å²) in [7, 11) is 1.67. The molecule has 2 heterocycles. The zero-order chi connectivity index (χ0) is 16.9. The molecule has 0 aromatic heterocycles. The van der Waals surface area contributed by atoms with E-state index < -0.39 is 0 Å². The first kappa shape index (κ1) is 22.8. The molecule has 0 radical (unpaired) electrons. The Morgan fingerprint density at radius 1 is 1.27 bits per heavy atom. The summed E-state index contributed by atoms with van der Waals surface area (Å²) in [6, 6.07) is 8.33. The summed E-state index contributed by atoms with van der Waals surface area (Å²) in [5, 5.41) is 3.54. The molecule has 3 rings (SSSR count). The average Bonchev–Trinajstić information content (AvgIpc) is 3.11. The second kappa shape index (κ2) is 10.8. The Kier molecular flexibility index (Phi) is 9.50. The zero-order valence-corrected chi connectivity index (χ0v) is 16.7. The number of likely N-dealkylation sites (tertiary alicyclic amines) is 1. The third-order valence-corrected chi connectivity index (χ3v) is 4.89. The quantitative estimate of drug-likeness (QED) is 0.786. The Labute approximate surface area is 167 Å². The average molecular weight is 406 g/mol. The highest BCUT2D eigenvalue weighted by Gasteiger charge is 2.34. The summed E-state index contributed by atoms with van der Waals surface area (Å²) in [6.07, 6.45) is 3.32. The minimum atomic E-state index is -0.290. The van der Waals surface area contributed by atoms with E-state index in [-0.39, 0.29) is 42.9 Å². The number of carbonyl (C=O) groups is 1. The predicted octanol–water partition coefficient (Wildman–Crippen LogP) is 2.45. The second-order valence-electron chi connectivity index (χ2n) is 6.54. The fraction of sp³-hybridized carbons (Fsp3) is 0.611. The van der Waals surface area contributed by atoms with E-state index >= 15 is 0 Å². The molecule has 6 nitrogen and oxygen atoms in total. The van der Waals surface area contributed by atoms with Crippen molar-refractivity contribution >= 4 is 36.4 Å². The van der Waals surface area contributed by atoms with Gasteiger partial charge in [-0.15, -0.1) is 24.8 Å². The van der Waals surface area contributed by atoms with Crippen LogP contribution in [0.2, 0.25) is 0 Å². The molecule has 2 saturated heterocycles. The van der Waals surface area contributed by atoms with E-state index in [9.17, 15) is 4.79 Å². The van der Waals surface area contributed by atoms with Crippen LogP contribution in [0.15, 0.2) is 24.3 Å². The number of piperidine rings is 1. The number of hydrogen-bond acceptors (Lipinski definition) is 5. The van der Waals surface area contributed by atoms with Crippen molar-refractivity contribution < 1.29 is 14.3 Å². The molecule has 0 aliphatic carbocycles. The van der Waals surface area contributed by atoms with Gasteiger partial charge in [0.2, 0.25) is 0 Å². The van der Waals surface area contributed by atoms with Crippen LogP contribution in [0, 0.1) is 0 Å². The molecule has 0 bridgehead atoms. The summed E-state index contributed by atoms with van der Waals surface area (Å²) < 4.78 is 11.0. The molecule has 1 aromatic rings. The maximum atomic E-state index is 12.5. The summed E-state index contributed by atoms with van der Waals surface area (Å²) in [4.78, 5) is 14.5. The fourth-order valence-corrected chi connectivity index (χ4v) is 3.46. The SMILES string of the molecule is COc1cccc(NC2CCN(C(=O)[C@@H]3CC[C@H](CN)O3)CC2)c1.Cl.Cl. The molecule has 1 amide bonds. The molecule has 1 aromatic carbocycles. The van der Waals surface area contributed by atoms with Gasteiger partial charge in [-0.05, 0) is 37.8 Å². The summed E-state index contributed by atoms with van der Waals surface area (Å²) in [5.74, 6) is 0.978. The lowest BCUT2D eigenvalue weighted by atomic mass is 10.0. The van der Waals surface area contributed by atoms with Gasteiger partial charge in [-0.1, -0.05) is 6.07 Å². The number of nitrogens with one attached hydrogen (secondary N) is 1. The van der Waals surface area contributed by atoms with Crippen LogP contribution in [0.4, 0.5) is 5.69 Å². The van der Waals surface area contributed by atoms with Crippen molar-refractivity contribution in [3.8, 4) is 5.75 Å². The standard InChI is InChI=1S/C18H27N3O3.2ClH/c1-23-15-4-2-3-14(11-15)20-13-7-9-21(10-8-13)18(22)17-6-5-16(12-19)24-17;;/h2-4,11,13,16-17,20H,5-10,12,19H2,1H3;2*1H/t16-,17+;;/m1../s1. The number of hydrogen-bond donors (Lipinski definition) is 2. The van der Waals surface area contributed by atoms with Gasteiger partial charge in [0, 0.05) is 37.4 Å². The number of halogens is 2. The highest BCUT2D eigenvalue weighted by molar-refractivity contribution is 5.85. The van der Waals surface area contributed by atoms with E-state index in [0.29, 0.717) is 12.6 Å². The van der Waals surface area contributed by atoms with Crippen LogP contribution >= 0.6 is 24.8 Å². The Morgan fingerprint density at radius 2 is 2.00 bits per heavy atom. The second-order valence-corrected chi connectivity index (χ2v) is 6.54. The van der Waals surface area contributed by atoms with Crippen molar-refractivity contribution in [3.63, 3.8) is 0 Å². The predicted molar refractivity (Wildman–Crippen MR) is 108 cm³/mol. The van der Waals surface area contributed by atoms with E-state index in [1.165, 1.54) is 0 Å². The van der Waals surface area contributed by atoms with Crippen molar-refractivity contribution in [1.29, 1.82) is 0 Å². The van der Waals surface area contributed by atoms with Crippen LogP contribution in [0.5, 0.6) is 5.75 Å². The molecule has 8 heteroatoms.